The number of para-hydroxylation sites is 2. The van der Waals surface area contributed by atoms with Crippen LogP contribution in [0.2, 0.25) is 0 Å². The number of H-pyrrole nitrogens is 1. The Bertz CT molecular complexity index is 1470. The number of hydrogen-bond acceptors (Lipinski definition) is 5. The third-order valence-corrected chi connectivity index (χ3v) is 5.70. The number of anilines is 1. The molecule has 1 aliphatic rings. The molecule has 3 aromatic carbocycles. The number of carbonyl (C=O) groups excluding carboxylic acids is 4. The number of benzene rings is 3. The summed E-state index contributed by atoms with van der Waals surface area (Å²) in [5.74, 6) is -2.05. The average molecular weight is 438 g/mol. The highest BCUT2D eigenvalue weighted by Gasteiger charge is 2.37. The van der Waals surface area contributed by atoms with Gasteiger partial charge in [0, 0.05) is 22.7 Å². The lowest BCUT2D eigenvalue weighted by Crippen LogP contribution is -2.29. The van der Waals surface area contributed by atoms with Gasteiger partial charge in [-0.25, -0.2) is 9.69 Å². The zero-order chi connectivity index (χ0) is 23.1. The summed E-state index contributed by atoms with van der Waals surface area (Å²) in [4.78, 5) is 55.1. The molecular formula is C26H18N2O5. The summed E-state index contributed by atoms with van der Waals surface area (Å²) in [5, 5.41) is 0.747. The first-order valence-corrected chi connectivity index (χ1v) is 10.3. The first-order valence-electron chi connectivity index (χ1n) is 10.3. The van der Waals surface area contributed by atoms with Crippen LogP contribution in [-0.4, -0.2) is 35.2 Å². The van der Waals surface area contributed by atoms with Crippen LogP contribution in [-0.2, 0) is 4.74 Å². The van der Waals surface area contributed by atoms with Crippen molar-refractivity contribution in [3.05, 3.63) is 101 Å². The highest BCUT2D eigenvalue weighted by Crippen LogP contribution is 2.31. The molecule has 1 aliphatic heterocycles. The Morgan fingerprint density at radius 1 is 0.909 bits per heavy atom. The minimum absolute atomic E-state index is 0.0910. The van der Waals surface area contributed by atoms with E-state index in [2.05, 4.69) is 4.98 Å². The fraction of sp³-hybridized carbons (Fsp3) is 0.0769. The van der Waals surface area contributed by atoms with E-state index < -0.39 is 24.4 Å². The Morgan fingerprint density at radius 2 is 1.64 bits per heavy atom. The van der Waals surface area contributed by atoms with Gasteiger partial charge >= 0.3 is 5.97 Å². The van der Waals surface area contributed by atoms with E-state index in [1.165, 1.54) is 18.2 Å². The number of rotatable bonds is 5. The van der Waals surface area contributed by atoms with Gasteiger partial charge in [-0.3, -0.25) is 14.4 Å². The maximum atomic E-state index is 13.0. The standard InChI is InChI=1S/C26H18N2O5/c1-15-6-2-5-9-22(15)28-24(30)18-11-10-16(12-19(18)25(28)31)26(32)33-14-23(29)20-13-27-21-8-4-3-7-17(20)21/h2-13,27H,14H2,1H3. The van der Waals surface area contributed by atoms with Gasteiger partial charge in [-0.2, -0.15) is 0 Å². The van der Waals surface area contributed by atoms with Crippen LogP contribution in [0.1, 0.15) is 47.0 Å². The molecule has 0 bridgehead atoms. The highest BCUT2D eigenvalue weighted by molar-refractivity contribution is 6.35. The van der Waals surface area contributed by atoms with Crippen molar-refractivity contribution in [3.8, 4) is 0 Å². The largest absolute Gasteiger partial charge is 0.454 e. The van der Waals surface area contributed by atoms with Gasteiger partial charge in [0.05, 0.1) is 22.4 Å². The van der Waals surface area contributed by atoms with Crippen molar-refractivity contribution < 1.29 is 23.9 Å². The molecule has 0 radical (unpaired) electrons. The first kappa shape index (κ1) is 20.4. The van der Waals surface area contributed by atoms with Gasteiger partial charge in [-0.1, -0.05) is 36.4 Å². The number of aryl methyl sites for hydroxylation is 1. The molecule has 7 heteroatoms. The second-order valence-corrected chi connectivity index (χ2v) is 7.74. The van der Waals surface area contributed by atoms with Gasteiger partial charge in [-0.15, -0.1) is 0 Å². The number of imide groups is 1. The van der Waals surface area contributed by atoms with E-state index in [0.29, 0.717) is 11.3 Å². The minimum atomic E-state index is -0.749. The number of amides is 2. The molecule has 162 valence electrons. The third kappa shape index (κ3) is 3.40. The summed E-state index contributed by atoms with van der Waals surface area (Å²) in [5.41, 5.74) is 2.96. The molecule has 7 nitrogen and oxygen atoms in total. The van der Waals surface area contributed by atoms with Crippen LogP contribution in [0.3, 0.4) is 0 Å². The second kappa shape index (κ2) is 7.87. The molecule has 2 heterocycles. The Hall–Kier alpha value is -4.52. The van der Waals surface area contributed by atoms with E-state index >= 15 is 0 Å². The zero-order valence-corrected chi connectivity index (χ0v) is 17.6. The molecule has 1 aromatic heterocycles. The Morgan fingerprint density at radius 3 is 2.45 bits per heavy atom. The Balaban J connectivity index is 1.34. The fourth-order valence-corrected chi connectivity index (χ4v) is 4.00. The van der Waals surface area contributed by atoms with E-state index in [4.69, 9.17) is 4.74 Å². The van der Waals surface area contributed by atoms with E-state index in [1.807, 2.05) is 43.3 Å². The van der Waals surface area contributed by atoms with Crippen molar-refractivity contribution in [1.29, 1.82) is 0 Å². The minimum Gasteiger partial charge on any atom is -0.454 e. The summed E-state index contributed by atoms with van der Waals surface area (Å²) < 4.78 is 5.20. The van der Waals surface area contributed by atoms with E-state index in [0.717, 1.165) is 21.4 Å². The quantitative estimate of drug-likeness (QED) is 0.284. The summed E-state index contributed by atoms with van der Waals surface area (Å²) in [6, 6.07) is 18.6. The van der Waals surface area contributed by atoms with Crippen LogP contribution < -0.4 is 4.90 Å². The molecule has 0 fully saturated rings. The second-order valence-electron chi connectivity index (χ2n) is 7.74. The molecule has 0 saturated carbocycles. The first-order chi connectivity index (χ1) is 16.0. The van der Waals surface area contributed by atoms with Crippen molar-refractivity contribution >= 4 is 40.2 Å². The summed E-state index contributed by atoms with van der Waals surface area (Å²) in [7, 11) is 0. The van der Waals surface area contributed by atoms with Gasteiger partial charge in [0.25, 0.3) is 11.8 Å². The monoisotopic (exact) mass is 438 g/mol. The molecule has 2 amide bonds. The van der Waals surface area contributed by atoms with Crippen molar-refractivity contribution in [2.75, 3.05) is 11.5 Å². The molecule has 0 saturated heterocycles. The number of ketones is 1. The van der Waals surface area contributed by atoms with Crippen LogP contribution in [0.15, 0.2) is 72.9 Å². The number of nitrogens with zero attached hydrogens (tertiary/aromatic N) is 1. The Kier molecular flexibility index (Phi) is 4.86. The molecule has 0 aliphatic carbocycles. The van der Waals surface area contributed by atoms with E-state index in [9.17, 15) is 19.2 Å². The Labute approximate surface area is 188 Å². The highest BCUT2D eigenvalue weighted by atomic mass is 16.5. The summed E-state index contributed by atoms with van der Waals surface area (Å²) in [6.45, 7) is 1.37. The van der Waals surface area contributed by atoms with Gasteiger partial charge in [0.1, 0.15) is 0 Å². The van der Waals surface area contributed by atoms with Crippen molar-refractivity contribution in [3.63, 3.8) is 0 Å². The topological polar surface area (TPSA) is 96.5 Å². The van der Waals surface area contributed by atoms with E-state index in [1.54, 1.807) is 18.3 Å². The van der Waals surface area contributed by atoms with Gasteiger partial charge in [0.2, 0.25) is 5.78 Å². The van der Waals surface area contributed by atoms with Crippen LogP contribution in [0.25, 0.3) is 10.9 Å². The number of hydrogen-bond donors (Lipinski definition) is 1. The van der Waals surface area contributed by atoms with Crippen molar-refractivity contribution in [2.24, 2.45) is 0 Å². The number of fused-ring (bicyclic) bond motifs is 2. The third-order valence-electron chi connectivity index (χ3n) is 5.70. The van der Waals surface area contributed by atoms with Gasteiger partial charge in [0.15, 0.2) is 6.61 Å². The number of aromatic amines is 1. The molecular weight excluding hydrogens is 420 g/mol. The van der Waals surface area contributed by atoms with Crippen molar-refractivity contribution in [1.82, 2.24) is 4.98 Å². The normalized spacial score (nSPS) is 12.8. The molecule has 5 rings (SSSR count). The molecule has 4 aromatic rings. The van der Waals surface area contributed by atoms with Gasteiger partial charge < -0.3 is 9.72 Å². The van der Waals surface area contributed by atoms with Gasteiger partial charge in [-0.05, 0) is 42.8 Å². The predicted molar refractivity (Wildman–Crippen MR) is 122 cm³/mol. The molecule has 0 atom stereocenters. The lowest BCUT2D eigenvalue weighted by atomic mass is 10.1. The lowest BCUT2D eigenvalue weighted by molar-refractivity contribution is 0.0475. The zero-order valence-electron chi connectivity index (χ0n) is 17.6. The molecule has 0 unspecified atom stereocenters. The summed E-state index contributed by atoms with van der Waals surface area (Å²) >= 11 is 0. The lowest BCUT2D eigenvalue weighted by Gasteiger charge is -2.16. The van der Waals surface area contributed by atoms with Crippen LogP contribution >= 0.6 is 0 Å². The number of Topliss-reactive ketones (excluding diaryl/α,β-unsaturated/α-hetero) is 1. The van der Waals surface area contributed by atoms with Crippen LogP contribution in [0.5, 0.6) is 0 Å². The predicted octanol–water partition coefficient (Wildman–Crippen LogP) is 4.32. The molecule has 0 spiro atoms. The maximum Gasteiger partial charge on any atom is 0.338 e. The van der Waals surface area contributed by atoms with Crippen LogP contribution in [0.4, 0.5) is 5.69 Å². The number of carbonyl (C=O) groups is 4. The SMILES string of the molecule is Cc1ccccc1N1C(=O)c2ccc(C(=O)OCC(=O)c3c[nH]c4ccccc34)cc2C1=O. The average Bonchev–Trinajstić information content (AvgIpc) is 3.37. The number of aromatic nitrogens is 1. The fourth-order valence-electron chi connectivity index (χ4n) is 4.00. The number of nitrogens with one attached hydrogen (secondary N) is 1. The summed E-state index contributed by atoms with van der Waals surface area (Å²) in [6.07, 6.45) is 1.58. The number of ether oxygens (including phenoxy) is 1. The molecule has 33 heavy (non-hydrogen) atoms. The van der Waals surface area contributed by atoms with E-state index in [-0.39, 0.29) is 22.5 Å². The van der Waals surface area contributed by atoms with Crippen molar-refractivity contribution in [2.45, 2.75) is 6.92 Å². The molecule has 1 N–H and O–H groups in total. The number of esters is 1. The smallest absolute Gasteiger partial charge is 0.338 e. The maximum absolute atomic E-state index is 13.0. The van der Waals surface area contributed by atoms with Crippen LogP contribution in [0, 0.1) is 6.92 Å².